The quantitative estimate of drug-likeness (QED) is 0.126. The molecule has 6 rings (SSSR count). The summed E-state index contributed by atoms with van der Waals surface area (Å²) >= 11 is 0. The van der Waals surface area contributed by atoms with Gasteiger partial charge in [-0.3, -0.25) is 9.59 Å². The van der Waals surface area contributed by atoms with Gasteiger partial charge in [-0.05, 0) is 67.7 Å². The van der Waals surface area contributed by atoms with Crippen molar-refractivity contribution in [1.82, 2.24) is 40.6 Å². The first-order valence-electron chi connectivity index (χ1n) is 19.1. The minimum atomic E-state index is -0.687. The van der Waals surface area contributed by atoms with Crippen molar-refractivity contribution in [3.63, 3.8) is 0 Å². The van der Waals surface area contributed by atoms with Gasteiger partial charge in [0.1, 0.15) is 17.7 Å². The Morgan fingerprint density at radius 2 is 1.29 bits per heavy atom. The molecule has 4 amide bonds. The van der Waals surface area contributed by atoms with E-state index in [9.17, 15) is 19.2 Å². The number of hydrogen-bond acceptors (Lipinski definition) is 8. The van der Waals surface area contributed by atoms with Crippen LogP contribution in [0.25, 0.3) is 33.6 Å². The van der Waals surface area contributed by atoms with Gasteiger partial charge in [0.05, 0.1) is 44.0 Å². The smallest absolute Gasteiger partial charge is 0.425 e. The van der Waals surface area contributed by atoms with Crippen molar-refractivity contribution in [2.45, 2.75) is 90.3 Å². The first kappa shape index (κ1) is 39.0. The molecule has 55 heavy (non-hydrogen) atoms. The number of benzene rings is 2. The number of likely N-dealkylation sites (tertiary alicyclic amines) is 1. The second-order valence-corrected chi connectivity index (χ2v) is 15.0. The largest absolute Gasteiger partial charge is 0.453 e. The summed E-state index contributed by atoms with van der Waals surface area (Å²) in [5.41, 5.74) is 8.40. The van der Waals surface area contributed by atoms with E-state index in [2.05, 4.69) is 74.2 Å². The van der Waals surface area contributed by atoms with Gasteiger partial charge < -0.3 is 29.7 Å². The number of hydrazine groups is 1. The number of nitrogens with zero attached hydrogens (tertiary/aromatic N) is 4. The zero-order chi connectivity index (χ0) is 39.2. The van der Waals surface area contributed by atoms with Crippen LogP contribution in [0.15, 0.2) is 60.9 Å². The summed E-state index contributed by atoms with van der Waals surface area (Å²) in [5.74, 6) is 0.718. The number of rotatable bonds is 10. The van der Waals surface area contributed by atoms with Gasteiger partial charge in [-0.15, -0.1) is 0 Å². The second kappa shape index (κ2) is 17.2. The average molecular weight is 753 g/mol. The third kappa shape index (κ3) is 8.68. The van der Waals surface area contributed by atoms with Crippen LogP contribution in [-0.2, 0) is 19.1 Å². The molecule has 1 aliphatic heterocycles. The number of imidazole rings is 2. The molecule has 2 aliphatic rings. The summed E-state index contributed by atoms with van der Waals surface area (Å²) in [5, 5.41) is 4.07. The molecule has 4 atom stereocenters. The van der Waals surface area contributed by atoms with Crippen molar-refractivity contribution < 1.29 is 28.7 Å². The Kier molecular flexibility index (Phi) is 12.2. The first-order chi connectivity index (χ1) is 26.5. The third-order valence-electron chi connectivity index (χ3n) is 10.7. The Hall–Kier alpha value is -5.66. The summed E-state index contributed by atoms with van der Waals surface area (Å²) in [4.78, 5) is 69.3. The van der Waals surface area contributed by atoms with Gasteiger partial charge in [0, 0.05) is 24.4 Å². The number of amides is 4. The van der Waals surface area contributed by atoms with Crippen molar-refractivity contribution in [3.8, 4) is 33.6 Å². The number of hydrogen-bond donors (Lipinski definition) is 4. The van der Waals surface area contributed by atoms with Gasteiger partial charge in [0.2, 0.25) is 11.8 Å². The zero-order valence-electron chi connectivity index (χ0n) is 32.4. The van der Waals surface area contributed by atoms with Gasteiger partial charge in [-0.1, -0.05) is 75.2 Å². The highest BCUT2D eigenvalue weighted by Crippen LogP contribution is 2.39. The number of ether oxygens (including phenoxy) is 2. The van der Waals surface area contributed by atoms with E-state index in [0.29, 0.717) is 6.54 Å². The molecule has 14 nitrogen and oxygen atoms in total. The number of carbonyl (C=O) groups excluding carboxylic acids is 4. The monoisotopic (exact) mass is 752 g/mol. The van der Waals surface area contributed by atoms with Crippen LogP contribution in [0, 0.1) is 11.8 Å². The highest BCUT2D eigenvalue weighted by Gasteiger charge is 2.39. The molecule has 3 unspecified atom stereocenters. The van der Waals surface area contributed by atoms with Crippen LogP contribution in [0.5, 0.6) is 0 Å². The number of H-pyrrole nitrogens is 2. The molecule has 1 saturated heterocycles. The lowest BCUT2D eigenvalue weighted by Crippen LogP contribution is -2.53. The molecule has 14 heteroatoms. The molecule has 1 saturated carbocycles. The minimum Gasteiger partial charge on any atom is -0.453 e. The summed E-state index contributed by atoms with van der Waals surface area (Å²) in [6.45, 7) is 8.11. The van der Waals surface area contributed by atoms with Crippen LogP contribution in [0.3, 0.4) is 0 Å². The fraction of sp³-hybridized carbons (Fsp3) is 0.463. The molecule has 2 aromatic heterocycles. The molecule has 4 N–H and O–H groups in total. The Morgan fingerprint density at radius 1 is 0.745 bits per heavy atom. The predicted octanol–water partition coefficient (Wildman–Crippen LogP) is 6.96. The first-order valence-corrected chi connectivity index (χ1v) is 19.1. The Morgan fingerprint density at radius 3 is 1.85 bits per heavy atom. The van der Waals surface area contributed by atoms with E-state index in [1.165, 1.54) is 19.2 Å². The normalized spacial score (nSPS) is 18.9. The lowest BCUT2D eigenvalue weighted by atomic mass is 9.78. The molecule has 2 aromatic carbocycles. The van der Waals surface area contributed by atoms with Crippen LogP contribution in [0.1, 0.15) is 89.8 Å². The van der Waals surface area contributed by atoms with E-state index in [-0.39, 0.29) is 41.7 Å². The van der Waals surface area contributed by atoms with E-state index in [1.807, 2.05) is 38.8 Å². The molecule has 2 fully saturated rings. The Labute approximate surface area is 321 Å². The van der Waals surface area contributed by atoms with Gasteiger partial charge in [-0.25, -0.2) is 30.0 Å². The minimum absolute atomic E-state index is 0.0911. The van der Waals surface area contributed by atoms with Crippen LogP contribution in [0.2, 0.25) is 0 Å². The van der Waals surface area contributed by atoms with Crippen molar-refractivity contribution in [1.29, 1.82) is 0 Å². The molecular weight excluding hydrogens is 701 g/mol. The summed E-state index contributed by atoms with van der Waals surface area (Å²) in [7, 11) is 2.57. The van der Waals surface area contributed by atoms with E-state index >= 15 is 0 Å². The molecule has 0 bridgehead atoms. The van der Waals surface area contributed by atoms with E-state index in [1.54, 1.807) is 6.20 Å². The number of carbonyl (C=O) groups is 4. The number of aromatic nitrogens is 4. The Bertz CT molecular complexity index is 1950. The van der Waals surface area contributed by atoms with Crippen LogP contribution < -0.4 is 10.7 Å². The second-order valence-electron chi connectivity index (χ2n) is 15.0. The van der Waals surface area contributed by atoms with Gasteiger partial charge >= 0.3 is 12.2 Å². The van der Waals surface area contributed by atoms with Crippen LogP contribution in [-0.4, -0.2) is 86.7 Å². The van der Waals surface area contributed by atoms with Crippen LogP contribution >= 0.6 is 0 Å². The van der Waals surface area contributed by atoms with E-state index in [0.717, 1.165) is 83.8 Å². The molecule has 3 heterocycles. The highest BCUT2D eigenvalue weighted by atomic mass is 16.5. The highest BCUT2D eigenvalue weighted by molar-refractivity contribution is 5.86. The average Bonchev–Trinajstić information content (AvgIpc) is 4.00. The standard InChI is InChI=1S/C41H52N8O6/c1-24(2)35(46-40(52)54-5)39(51)48-21-9-12-34(48)37-43-23-33(45-37)29-19-15-27(16-20-29)26-13-17-28(18-14-26)32-22-42-36(44-32)30-10-7-8-11-31(30)38(50)49(25(3)4)47-41(53)55-6/h13-20,22-25,30-31,34-35H,7-12,21H2,1-6H3,(H,42,44)(H,43,45)(H,46,52)(H,47,53)/t30?,31?,34?,35-/m0/s1. The predicted molar refractivity (Wildman–Crippen MR) is 207 cm³/mol. The molecule has 0 spiro atoms. The fourth-order valence-electron chi connectivity index (χ4n) is 7.72. The fourth-order valence-corrected chi connectivity index (χ4v) is 7.72. The Balaban J connectivity index is 1.11. The summed E-state index contributed by atoms with van der Waals surface area (Å²) in [6.07, 6.45) is 7.45. The SMILES string of the molecule is COC(=O)N[C@H](C(=O)N1CCCC1c1ncc(-c2ccc(-c3ccc(-c4cnc(C5CCCCC5C(=O)N(NC(=O)OC)C(C)C)[nH]4)cc3)cc2)[nH]1)C(C)C. The molecule has 0 radical (unpaired) electrons. The molecule has 1 aliphatic carbocycles. The van der Waals surface area contributed by atoms with E-state index < -0.39 is 18.2 Å². The van der Waals surface area contributed by atoms with Crippen molar-refractivity contribution >= 4 is 24.0 Å². The van der Waals surface area contributed by atoms with Gasteiger partial charge in [-0.2, -0.15) is 0 Å². The number of aromatic amines is 2. The summed E-state index contributed by atoms with van der Waals surface area (Å²) in [6, 6.07) is 15.4. The van der Waals surface area contributed by atoms with Crippen LogP contribution in [0.4, 0.5) is 9.59 Å². The van der Waals surface area contributed by atoms with Crippen molar-refractivity contribution in [2.24, 2.45) is 11.8 Å². The maximum absolute atomic E-state index is 13.7. The third-order valence-corrected chi connectivity index (χ3v) is 10.7. The van der Waals surface area contributed by atoms with Gasteiger partial charge in [0.25, 0.3) is 0 Å². The maximum Gasteiger partial charge on any atom is 0.425 e. The van der Waals surface area contributed by atoms with Crippen molar-refractivity contribution in [3.05, 3.63) is 72.6 Å². The summed E-state index contributed by atoms with van der Waals surface area (Å²) < 4.78 is 9.51. The lowest BCUT2D eigenvalue weighted by molar-refractivity contribution is -0.142. The molecule has 4 aromatic rings. The van der Waals surface area contributed by atoms with Gasteiger partial charge in [0.15, 0.2) is 0 Å². The topological polar surface area (TPSA) is 175 Å². The van der Waals surface area contributed by atoms with Crippen molar-refractivity contribution in [2.75, 3.05) is 20.8 Å². The number of methoxy groups -OCH3 is 2. The van der Waals surface area contributed by atoms with E-state index in [4.69, 9.17) is 14.5 Å². The molecular formula is C41H52N8O6. The number of nitrogens with one attached hydrogen (secondary N) is 4. The molecule has 292 valence electrons. The number of alkyl carbamates (subject to hydrolysis) is 1. The lowest BCUT2D eigenvalue weighted by Gasteiger charge is -2.35. The zero-order valence-corrected chi connectivity index (χ0v) is 32.4. The maximum atomic E-state index is 13.7.